The zero-order valence-electron chi connectivity index (χ0n) is 15.8. The third kappa shape index (κ3) is 4.92. The fourth-order valence-electron chi connectivity index (χ4n) is 3.10. The Balaban J connectivity index is 1.36. The Morgan fingerprint density at radius 1 is 0.786 bits per heavy atom. The number of benzene rings is 3. The van der Waals surface area contributed by atoms with Crippen LogP contribution in [-0.2, 0) is 13.0 Å². The first kappa shape index (κ1) is 18.1. The van der Waals surface area contributed by atoms with Gasteiger partial charge < -0.3 is 14.4 Å². The van der Waals surface area contributed by atoms with E-state index in [0.717, 1.165) is 48.9 Å². The molecule has 0 saturated heterocycles. The third-order valence-electron chi connectivity index (χ3n) is 4.69. The number of nitrogens with zero attached hydrogens (tertiary/aromatic N) is 2. The first-order valence-electron chi connectivity index (χ1n) is 9.63. The van der Waals surface area contributed by atoms with Crippen LogP contribution in [0.15, 0.2) is 83.9 Å². The first-order chi connectivity index (χ1) is 13.9. The van der Waals surface area contributed by atoms with Crippen LogP contribution in [0.25, 0.3) is 0 Å². The van der Waals surface area contributed by atoms with Crippen molar-refractivity contribution in [3.63, 3.8) is 0 Å². The summed E-state index contributed by atoms with van der Waals surface area (Å²) in [6.07, 6.45) is 2.95. The second kappa shape index (κ2) is 9.09. The minimum Gasteiger partial charge on any atom is -0.485 e. The van der Waals surface area contributed by atoms with E-state index in [1.165, 1.54) is 5.56 Å². The molecule has 1 heterocycles. The summed E-state index contributed by atoms with van der Waals surface area (Å²) in [4.78, 5) is 6.50. The van der Waals surface area contributed by atoms with Crippen molar-refractivity contribution in [1.82, 2.24) is 4.90 Å². The van der Waals surface area contributed by atoms with Crippen molar-refractivity contribution in [2.45, 2.75) is 13.0 Å². The second-order valence-electron chi connectivity index (χ2n) is 6.77. The zero-order valence-corrected chi connectivity index (χ0v) is 15.8. The van der Waals surface area contributed by atoms with Crippen molar-refractivity contribution in [2.75, 3.05) is 19.6 Å². The standard InChI is InChI=1S/C24H24N2O2/c1-2-6-21(7-3-1)18-27-23-8-4-5-9-24(23)28-22-12-10-20(11-13-22)14-16-26-17-15-25-19-26/h1-13,19H,14-18H2. The van der Waals surface area contributed by atoms with Gasteiger partial charge >= 0.3 is 0 Å². The zero-order chi connectivity index (χ0) is 19.0. The Kier molecular flexibility index (Phi) is 5.88. The van der Waals surface area contributed by atoms with Gasteiger partial charge in [0.2, 0.25) is 0 Å². The van der Waals surface area contributed by atoms with Gasteiger partial charge in [-0.05, 0) is 41.8 Å². The van der Waals surface area contributed by atoms with Crippen LogP contribution >= 0.6 is 0 Å². The van der Waals surface area contributed by atoms with Gasteiger partial charge in [0.25, 0.3) is 0 Å². The predicted molar refractivity (Wildman–Crippen MR) is 112 cm³/mol. The highest BCUT2D eigenvalue weighted by Gasteiger charge is 2.08. The Morgan fingerprint density at radius 3 is 2.29 bits per heavy atom. The first-order valence-corrected chi connectivity index (χ1v) is 9.63. The van der Waals surface area contributed by atoms with Crippen molar-refractivity contribution in [3.05, 3.63) is 90.0 Å². The molecule has 0 N–H and O–H groups in total. The lowest BCUT2D eigenvalue weighted by Crippen LogP contribution is -2.22. The summed E-state index contributed by atoms with van der Waals surface area (Å²) >= 11 is 0. The highest BCUT2D eigenvalue weighted by Crippen LogP contribution is 2.32. The van der Waals surface area contributed by atoms with E-state index in [2.05, 4.69) is 34.2 Å². The largest absolute Gasteiger partial charge is 0.485 e. The van der Waals surface area contributed by atoms with Gasteiger partial charge in [-0.15, -0.1) is 0 Å². The van der Waals surface area contributed by atoms with E-state index < -0.39 is 0 Å². The molecule has 0 spiro atoms. The minimum absolute atomic E-state index is 0.514. The number of hydrogen-bond acceptors (Lipinski definition) is 4. The lowest BCUT2D eigenvalue weighted by molar-refractivity contribution is 0.291. The van der Waals surface area contributed by atoms with Crippen LogP contribution in [0.3, 0.4) is 0 Å². The van der Waals surface area contributed by atoms with Gasteiger partial charge in [0.1, 0.15) is 12.4 Å². The fourth-order valence-corrected chi connectivity index (χ4v) is 3.10. The number of aliphatic imine (C=N–C) groups is 1. The monoisotopic (exact) mass is 372 g/mol. The van der Waals surface area contributed by atoms with Gasteiger partial charge in [0.15, 0.2) is 11.5 Å². The van der Waals surface area contributed by atoms with Crippen LogP contribution in [0.1, 0.15) is 11.1 Å². The number of para-hydroxylation sites is 2. The Morgan fingerprint density at radius 2 is 1.54 bits per heavy atom. The maximum absolute atomic E-state index is 6.07. The summed E-state index contributed by atoms with van der Waals surface area (Å²) in [5, 5.41) is 0. The smallest absolute Gasteiger partial charge is 0.169 e. The highest BCUT2D eigenvalue weighted by atomic mass is 16.5. The maximum Gasteiger partial charge on any atom is 0.169 e. The van der Waals surface area contributed by atoms with E-state index in [4.69, 9.17) is 9.47 Å². The molecule has 4 nitrogen and oxygen atoms in total. The lowest BCUT2D eigenvalue weighted by atomic mass is 10.1. The molecular weight excluding hydrogens is 348 g/mol. The topological polar surface area (TPSA) is 34.1 Å². The van der Waals surface area contributed by atoms with Crippen LogP contribution in [0.5, 0.6) is 17.2 Å². The summed E-state index contributed by atoms with van der Waals surface area (Å²) in [5.74, 6) is 2.27. The summed E-state index contributed by atoms with van der Waals surface area (Å²) < 4.78 is 12.0. The molecule has 0 saturated carbocycles. The van der Waals surface area contributed by atoms with Crippen LogP contribution in [0, 0.1) is 0 Å². The normalized spacial score (nSPS) is 12.9. The van der Waals surface area contributed by atoms with Gasteiger partial charge in [-0.3, -0.25) is 4.99 Å². The summed E-state index contributed by atoms with van der Waals surface area (Å²) in [5.41, 5.74) is 2.42. The molecule has 4 rings (SSSR count). The molecule has 0 amide bonds. The van der Waals surface area contributed by atoms with Crippen LogP contribution in [0.4, 0.5) is 0 Å². The maximum atomic E-state index is 6.07. The molecular formula is C24H24N2O2. The highest BCUT2D eigenvalue weighted by molar-refractivity contribution is 5.57. The minimum atomic E-state index is 0.514. The SMILES string of the molecule is C1=NCCN1CCc1ccc(Oc2ccccc2OCc2ccccc2)cc1. The Hall–Kier alpha value is -3.27. The van der Waals surface area contributed by atoms with Crippen LogP contribution in [-0.4, -0.2) is 30.9 Å². The summed E-state index contributed by atoms with van der Waals surface area (Å²) in [6, 6.07) is 26.2. The molecule has 1 aliphatic heterocycles. The molecule has 142 valence electrons. The molecule has 4 heteroatoms. The average Bonchev–Trinajstić information content (AvgIpc) is 3.27. The number of hydrogen-bond donors (Lipinski definition) is 0. The van der Waals surface area contributed by atoms with Crippen LogP contribution in [0.2, 0.25) is 0 Å². The van der Waals surface area contributed by atoms with Crippen molar-refractivity contribution < 1.29 is 9.47 Å². The van der Waals surface area contributed by atoms with Gasteiger partial charge in [-0.2, -0.15) is 0 Å². The molecule has 3 aromatic carbocycles. The van der Waals surface area contributed by atoms with E-state index in [1.54, 1.807) is 0 Å². The molecule has 3 aromatic rings. The third-order valence-corrected chi connectivity index (χ3v) is 4.69. The predicted octanol–water partition coefficient (Wildman–Crippen LogP) is 4.94. The van der Waals surface area contributed by atoms with E-state index >= 15 is 0 Å². The molecule has 0 bridgehead atoms. The molecule has 0 aliphatic carbocycles. The van der Waals surface area contributed by atoms with E-state index in [0.29, 0.717) is 6.61 Å². The molecule has 0 unspecified atom stereocenters. The van der Waals surface area contributed by atoms with E-state index in [1.807, 2.05) is 60.9 Å². The quantitative estimate of drug-likeness (QED) is 0.561. The van der Waals surface area contributed by atoms with Crippen molar-refractivity contribution in [3.8, 4) is 17.2 Å². The molecule has 1 aliphatic rings. The number of ether oxygens (including phenoxy) is 2. The van der Waals surface area contributed by atoms with Gasteiger partial charge in [-0.25, -0.2) is 0 Å². The van der Waals surface area contributed by atoms with E-state index in [-0.39, 0.29) is 0 Å². The summed E-state index contributed by atoms with van der Waals surface area (Å²) in [7, 11) is 0. The average molecular weight is 372 g/mol. The Labute approximate surface area is 166 Å². The van der Waals surface area contributed by atoms with E-state index in [9.17, 15) is 0 Å². The van der Waals surface area contributed by atoms with Gasteiger partial charge in [0, 0.05) is 13.1 Å². The molecule has 0 radical (unpaired) electrons. The van der Waals surface area contributed by atoms with Crippen molar-refractivity contribution in [2.24, 2.45) is 4.99 Å². The van der Waals surface area contributed by atoms with Crippen molar-refractivity contribution >= 4 is 6.34 Å². The van der Waals surface area contributed by atoms with Gasteiger partial charge in [-0.1, -0.05) is 54.6 Å². The fraction of sp³-hybridized carbons (Fsp3) is 0.208. The Bertz CT molecular complexity index is 907. The summed E-state index contributed by atoms with van der Waals surface area (Å²) in [6.45, 7) is 3.46. The number of rotatable bonds is 8. The molecule has 28 heavy (non-hydrogen) atoms. The van der Waals surface area contributed by atoms with Crippen molar-refractivity contribution in [1.29, 1.82) is 0 Å². The molecule has 0 fully saturated rings. The second-order valence-corrected chi connectivity index (χ2v) is 6.77. The molecule has 0 aromatic heterocycles. The van der Waals surface area contributed by atoms with Crippen LogP contribution < -0.4 is 9.47 Å². The molecule has 0 atom stereocenters. The lowest BCUT2D eigenvalue weighted by Gasteiger charge is -2.14. The van der Waals surface area contributed by atoms with Gasteiger partial charge in [0.05, 0.1) is 12.9 Å².